The van der Waals surface area contributed by atoms with Gasteiger partial charge in [0, 0.05) is 38.6 Å². The molecule has 6 nitrogen and oxygen atoms in total. The minimum absolute atomic E-state index is 0.370. The molecule has 2 heterocycles. The molecule has 1 aromatic carbocycles. The lowest BCUT2D eigenvalue weighted by Crippen LogP contribution is -2.50. The van der Waals surface area contributed by atoms with Crippen LogP contribution in [-0.2, 0) is 0 Å². The Morgan fingerprint density at radius 3 is 2.33 bits per heavy atom. The monoisotopic (exact) mass is 337 g/mol. The fraction of sp³-hybridized carbons (Fsp3) is 0.267. The van der Waals surface area contributed by atoms with E-state index in [-0.39, 0.29) is 0 Å². The van der Waals surface area contributed by atoms with Gasteiger partial charge >= 0.3 is 6.03 Å². The molecule has 1 fully saturated rings. The Bertz CT molecular complexity index is 735. The van der Waals surface area contributed by atoms with Crippen LogP contribution in [0.2, 0.25) is 0 Å². The van der Waals surface area contributed by atoms with Crippen molar-refractivity contribution >= 4 is 17.7 Å². The smallest absolute Gasteiger partial charge is 0.322 e. The molecular weight excluding hydrogens is 323 g/mol. The maximum absolute atomic E-state index is 13.6. The van der Waals surface area contributed by atoms with E-state index in [4.69, 9.17) is 0 Å². The molecule has 0 unspecified atom stereocenters. The summed E-state index contributed by atoms with van der Waals surface area (Å²) >= 11 is 0. The van der Waals surface area contributed by atoms with E-state index in [1.165, 1.54) is 4.90 Å². The number of hydrogen-bond donors (Lipinski definition) is 1. The molecule has 1 aliphatic heterocycles. The van der Waals surface area contributed by atoms with E-state index < -0.39 is 29.2 Å². The van der Waals surface area contributed by atoms with Crippen LogP contribution in [0, 0.1) is 17.5 Å². The lowest BCUT2D eigenvalue weighted by atomic mass is 10.2. The van der Waals surface area contributed by atoms with Gasteiger partial charge in [-0.05, 0) is 18.2 Å². The summed E-state index contributed by atoms with van der Waals surface area (Å²) in [6.45, 7) is 1.76. The second kappa shape index (κ2) is 6.73. The maximum Gasteiger partial charge on any atom is 0.322 e. The van der Waals surface area contributed by atoms with Gasteiger partial charge in [-0.2, -0.15) is 0 Å². The highest BCUT2D eigenvalue weighted by atomic mass is 19.2. The summed E-state index contributed by atoms with van der Waals surface area (Å²) in [4.78, 5) is 23.8. The van der Waals surface area contributed by atoms with E-state index in [2.05, 4.69) is 15.3 Å². The first kappa shape index (κ1) is 16.0. The van der Waals surface area contributed by atoms with Crippen molar-refractivity contribution in [3.8, 4) is 0 Å². The summed E-state index contributed by atoms with van der Waals surface area (Å²) in [5, 5.41) is 2.26. The molecule has 0 spiro atoms. The van der Waals surface area contributed by atoms with Crippen molar-refractivity contribution in [3.05, 3.63) is 48.0 Å². The second-order valence-corrected chi connectivity index (χ2v) is 5.18. The van der Waals surface area contributed by atoms with Gasteiger partial charge in [0.05, 0.1) is 5.69 Å². The zero-order valence-corrected chi connectivity index (χ0v) is 12.5. The fourth-order valence-electron chi connectivity index (χ4n) is 2.38. The van der Waals surface area contributed by atoms with Gasteiger partial charge in [0.2, 0.25) is 5.95 Å². The largest absolute Gasteiger partial charge is 0.337 e. The van der Waals surface area contributed by atoms with Gasteiger partial charge in [-0.1, -0.05) is 0 Å². The van der Waals surface area contributed by atoms with Crippen LogP contribution in [0.15, 0.2) is 30.6 Å². The number of carbonyl (C=O) groups is 1. The van der Waals surface area contributed by atoms with E-state index in [0.29, 0.717) is 32.1 Å². The van der Waals surface area contributed by atoms with Gasteiger partial charge in [-0.15, -0.1) is 0 Å². The van der Waals surface area contributed by atoms with E-state index in [1.807, 2.05) is 4.90 Å². The number of urea groups is 1. The number of carbonyl (C=O) groups excluding carboxylic acids is 1. The third kappa shape index (κ3) is 3.24. The van der Waals surface area contributed by atoms with Crippen molar-refractivity contribution in [3.63, 3.8) is 0 Å². The number of benzene rings is 1. The lowest BCUT2D eigenvalue weighted by Gasteiger charge is -2.34. The molecule has 24 heavy (non-hydrogen) atoms. The molecule has 1 N–H and O–H groups in total. The summed E-state index contributed by atoms with van der Waals surface area (Å²) in [5.41, 5.74) is -0.396. The first-order valence-corrected chi connectivity index (χ1v) is 7.27. The van der Waals surface area contributed by atoms with Gasteiger partial charge in [0.25, 0.3) is 0 Å². The van der Waals surface area contributed by atoms with Crippen molar-refractivity contribution in [2.45, 2.75) is 0 Å². The first-order chi connectivity index (χ1) is 11.6. The Morgan fingerprint density at radius 2 is 1.67 bits per heavy atom. The van der Waals surface area contributed by atoms with Gasteiger partial charge < -0.3 is 15.1 Å². The Labute approximate surface area is 135 Å². The molecule has 1 aromatic heterocycles. The van der Waals surface area contributed by atoms with Crippen LogP contribution in [0.5, 0.6) is 0 Å². The highest BCUT2D eigenvalue weighted by Gasteiger charge is 2.24. The normalized spacial score (nSPS) is 14.6. The second-order valence-electron chi connectivity index (χ2n) is 5.18. The third-order valence-corrected chi connectivity index (χ3v) is 3.68. The molecule has 1 saturated heterocycles. The van der Waals surface area contributed by atoms with E-state index >= 15 is 0 Å². The van der Waals surface area contributed by atoms with Crippen LogP contribution in [0.3, 0.4) is 0 Å². The third-order valence-electron chi connectivity index (χ3n) is 3.68. The average molecular weight is 337 g/mol. The number of nitrogens with one attached hydrogen (secondary N) is 1. The minimum atomic E-state index is -1.61. The van der Waals surface area contributed by atoms with Gasteiger partial charge in [0.15, 0.2) is 17.5 Å². The lowest BCUT2D eigenvalue weighted by molar-refractivity contribution is 0.207. The predicted octanol–water partition coefficient (Wildman–Crippen LogP) is 2.25. The summed E-state index contributed by atoms with van der Waals surface area (Å²) in [5.74, 6) is -3.76. The van der Waals surface area contributed by atoms with Crippen LogP contribution in [0.4, 0.5) is 29.6 Å². The molecule has 0 aliphatic carbocycles. The van der Waals surface area contributed by atoms with Crippen molar-refractivity contribution < 1.29 is 18.0 Å². The summed E-state index contributed by atoms with van der Waals surface area (Å²) < 4.78 is 39.7. The molecule has 2 amide bonds. The summed E-state index contributed by atoms with van der Waals surface area (Å²) in [6.07, 6.45) is 3.26. The average Bonchev–Trinajstić information content (AvgIpc) is 2.63. The topological polar surface area (TPSA) is 61.4 Å². The number of amides is 2. The van der Waals surface area contributed by atoms with Gasteiger partial charge in [0.1, 0.15) is 0 Å². The molecular formula is C15H14F3N5O. The standard InChI is InChI=1S/C15H14F3N5O/c16-10-2-3-11(13(18)12(10)17)21-15(24)23-8-6-22(7-9-23)14-19-4-1-5-20-14/h1-5H,6-9H2,(H,21,24). The van der Waals surface area contributed by atoms with E-state index in [1.54, 1.807) is 18.5 Å². The number of rotatable bonds is 2. The zero-order chi connectivity index (χ0) is 17.1. The molecule has 9 heteroatoms. The predicted molar refractivity (Wildman–Crippen MR) is 81.2 cm³/mol. The number of halogens is 3. The van der Waals surface area contributed by atoms with Crippen molar-refractivity contribution in [2.75, 3.05) is 36.4 Å². The molecule has 126 valence electrons. The molecule has 0 atom stereocenters. The number of nitrogens with zero attached hydrogens (tertiary/aromatic N) is 4. The van der Waals surface area contributed by atoms with Crippen LogP contribution in [-0.4, -0.2) is 47.1 Å². The quantitative estimate of drug-likeness (QED) is 0.854. The number of aromatic nitrogens is 2. The van der Waals surface area contributed by atoms with Gasteiger partial charge in [-0.3, -0.25) is 0 Å². The number of hydrogen-bond acceptors (Lipinski definition) is 4. The Hall–Kier alpha value is -2.84. The van der Waals surface area contributed by atoms with Crippen LogP contribution in [0.1, 0.15) is 0 Å². The van der Waals surface area contributed by atoms with Crippen LogP contribution < -0.4 is 10.2 Å². The maximum atomic E-state index is 13.6. The number of anilines is 2. The molecule has 0 radical (unpaired) electrons. The highest BCUT2D eigenvalue weighted by molar-refractivity contribution is 5.89. The van der Waals surface area contributed by atoms with Gasteiger partial charge in [-0.25, -0.2) is 27.9 Å². The molecule has 1 aliphatic rings. The Balaban J connectivity index is 1.61. The van der Waals surface area contributed by atoms with Crippen molar-refractivity contribution in [1.82, 2.24) is 14.9 Å². The molecule has 3 rings (SSSR count). The summed E-state index contributed by atoms with van der Waals surface area (Å²) in [6, 6.07) is 2.88. The van der Waals surface area contributed by atoms with Crippen molar-refractivity contribution in [1.29, 1.82) is 0 Å². The fourth-order valence-corrected chi connectivity index (χ4v) is 2.38. The zero-order valence-electron chi connectivity index (χ0n) is 12.5. The molecule has 2 aromatic rings. The SMILES string of the molecule is O=C(Nc1ccc(F)c(F)c1F)N1CCN(c2ncccn2)CC1. The van der Waals surface area contributed by atoms with E-state index in [9.17, 15) is 18.0 Å². The number of piperazine rings is 1. The van der Waals surface area contributed by atoms with Crippen molar-refractivity contribution in [2.24, 2.45) is 0 Å². The Morgan fingerprint density at radius 1 is 1.00 bits per heavy atom. The Kier molecular flexibility index (Phi) is 4.50. The first-order valence-electron chi connectivity index (χ1n) is 7.27. The van der Waals surface area contributed by atoms with E-state index in [0.717, 1.165) is 12.1 Å². The van der Waals surface area contributed by atoms with Crippen LogP contribution in [0.25, 0.3) is 0 Å². The molecule has 0 bridgehead atoms. The van der Waals surface area contributed by atoms with Crippen LogP contribution >= 0.6 is 0 Å². The highest BCUT2D eigenvalue weighted by Crippen LogP contribution is 2.20. The minimum Gasteiger partial charge on any atom is -0.337 e. The summed E-state index contributed by atoms with van der Waals surface area (Å²) in [7, 11) is 0. The molecule has 0 saturated carbocycles.